The van der Waals surface area contributed by atoms with Crippen molar-refractivity contribution in [2.24, 2.45) is 7.05 Å². The second-order valence-corrected chi connectivity index (χ2v) is 10.8. The molecule has 1 atom stereocenters. The number of allylic oxidation sites excluding steroid dienone is 1. The highest BCUT2D eigenvalue weighted by Crippen LogP contribution is 2.28. The average Bonchev–Trinajstić information content (AvgIpc) is 3.35. The Balaban J connectivity index is 1.43. The van der Waals surface area contributed by atoms with Gasteiger partial charge < -0.3 is 20.3 Å². The van der Waals surface area contributed by atoms with Crippen molar-refractivity contribution in [3.63, 3.8) is 0 Å². The molecule has 5 heterocycles. The lowest BCUT2D eigenvalue weighted by Gasteiger charge is -2.41. The van der Waals surface area contributed by atoms with Crippen LogP contribution in [0.5, 0.6) is 0 Å². The van der Waals surface area contributed by atoms with Crippen LogP contribution in [0.4, 0.5) is 15.9 Å². The number of fused-ring (bicyclic) bond motifs is 2. The number of aromatic nitrogens is 7. The molecule has 0 radical (unpaired) electrons. The number of benzene rings is 1. The van der Waals surface area contributed by atoms with Gasteiger partial charge in [-0.2, -0.15) is 20.0 Å². The number of anilines is 2. The number of likely N-dealkylation sites (N-methyl/N-ethyl adjacent to an activating group) is 1. The van der Waals surface area contributed by atoms with Gasteiger partial charge in [-0.25, -0.2) is 14.1 Å². The lowest BCUT2D eigenvalue weighted by Crippen LogP contribution is -2.44. The summed E-state index contributed by atoms with van der Waals surface area (Å²) >= 11 is 0. The molecule has 5 aromatic rings. The number of hydrogen-bond donors (Lipinski definition) is 2. The van der Waals surface area contributed by atoms with Crippen LogP contribution in [0, 0.1) is 11.0 Å². The minimum absolute atomic E-state index is 0.0130. The van der Waals surface area contributed by atoms with Crippen molar-refractivity contribution in [3.8, 4) is 17.1 Å². The number of hydroxylamine groups is 3. The molecule has 1 aliphatic heterocycles. The Hall–Kier alpha value is -5.05. The summed E-state index contributed by atoms with van der Waals surface area (Å²) in [7, 11) is 3.08. The van der Waals surface area contributed by atoms with E-state index in [0.717, 1.165) is 15.1 Å². The molecule has 43 heavy (non-hydrogen) atoms. The van der Waals surface area contributed by atoms with Gasteiger partial charge in [0, 0.05) is 35.8 Å². The Morgan fingerprint density at radius 2 is 2.00 bits per heavy atom. The fourth-order valence-electron chi connectivity index (χ4n) is 5.22. The average molecular weight is 586 g/mol. The van der Waals surface area contributed by atoms with E-state index < -0.39 is 28.2 Å². The molecule has 0 fully saturated rings. The van der Waals surface area contributed by atoms with Crippen LogP contribution >= 0.6 is 0 Å². The van der Waals surface area contributed by atoms with Gasteiger partial charge in [0.05, 0.1) is 49.7 Å². The van der Waals surface area contributed by atoms with Crippen LogP contribution in [0.3, 0.4) is 0 Å². The minimum atomic E-state index is -0.755. The van der Waals surface area contributed by atoms with Gasteiger partial charge in [-0.05, 0) is 36.8 Å². The van der Waals surface area contributed by atoms with E-state index in [9.17, 15) is 19.9 Å². The maximum Gasteiger partial charge on any atom is 0.290 e. The van der Waals surface area contributed by atoms with Gasteiger partial charge in [0.25, 0.3) is 11.1 Å². The van der Waals surface area contributed by atoms with Crippen LogP contribution < -0.4 is 16.4 Å². The van der Waals surface area contributed by atoms with Crippen molar-refractivity contribution < 1.29 is 14.1 Å². The number of nitrogens with zero attached hydrogens (tertiary/aromatic N) is 8. The molecule has 0 aliphatic carbocycles. The fraction of sp³-hybridized carbons (Fsp3) is 0.241. The predicted octanol–water partition coefficient (Wildman–Crippen LogP) is 2.60. The Morgan fingerprint density at radius 3 is 2.74 bits per heavy atom. The van der Waals surface area contributed by atoms with Crippen LogP contribution in [0.25, 0.3) is 33.4 Å². The Labute approximate surface area is 243 Å². The number of nitrogens with one attached hydrogen (secondary N) is 1. The molecule has 1 unspecified atom stereocenters. The monoisotopic (exact) mass is 585 g/mol. The molecule has 0 saturated heterocycles. The Bertz CT molecular complexity index is 2060. The molecule has 4 aromatic heterocycles. The standard InChI is InChI=1S/C29H28FN9O4/c1-16(2)17-9-18-13-32-38(29(42)26(18)22(30)10-17)27-21(15-40)20(5-6-31-27)23-12-24(28(41)36(3)34-23)33-25-11-19-14-39(4,43)8-7-37(19)35-25/h5-6,9-13,40H,1,7-8,14-15H2,2-4H3,(H,33,35). The van der Waals surface area contributed by atoms with Gasteiger partial charge in [0.1, 0.15) is 18.0 Å². The van der Waals surface area contributed by atoms with Crippen LogP contribution in [-0.2, 0) is 26.7 Å². The summed E-state index contributed by atoms with van der Waals surface area (Å²) in [5.41, 5.74) is 1.75. The summed E-state index contributed by atoms with van der Waals surface area (Å²) in [6.45, 7) is 6.11. The molecular formula is C29H28FN9O4. The maximum atomic E-state index is 15.1. The molecule has 0 spiro atoms. The van der Waals surface area contributed by atoms with Crippen LogP contribution in [0.1, 0.15) is 23.7 Å². The fourth-order valence-corrected chi connectivity index (χ4v) is 5.22. The highest BCUT2D eigenvalue weighted by atomic mass is 19.1. The molecule has 1 aromatic carbocycles. The van der Waals surface area contributed by atoms with E-state index in [1.165, 1.54) is 31.6 Å². The first-order valence-corrected chi connectivity index (χ1v) is 13.4. The number of halogens is 1. The predicted molar refractivity (Wildman–Crippen MR) is 158 cm³/mol. The lowest BCUT2D eigenvalue weighted by molar-refractivity contribution is -0.878. The molecule has 1 aliphatic rings. The van der Waals surface area contributed by atoms with Crippen molar-refractivity contribution in [1.29, 1.82) is 0 Å². The number of pyridine rings is 1. The van der Waals surface area contributed by atoms with Gasteiger partial charge in [0.2, 0.25) is 0 Å². The summed E-state index contributed by atoms with van der Waals surface area (Å²) in [6, 6.07) is 7.69. The first-order chi connectivity index (χ1) is 20.5. The largest absolute Gasteiger partial charge is 0.633 e. The summed E-state index contributed by atoms with van der Waals surface area (Å²) < 4.78 is 18.5. The van der Waals surface area contributed by atoms with Crippen molar-refractivity contribution >= 4 is 27.9 Å². The SMILES string of the molecule is C=C(C)c1cc(F)c2c(=O)n(-c3nccc(-c4cc(Nc5cc6n(n5)CC[N+](C)([O-])C6)c(=O)n(C)n4)c3CO)ncc2c1. The second kappa shape index (κ2) is 10.3. The van der Waals surface area contributed by atoms with Gasteiger partial charge >= 0.3 is 0 Å². The van der Waals surface area contributed by atoms with Crippen molar-refractivity contribution in [3.05, 3.63) is 97.9 Å². The molecule has 14 heteroatoms. The van der Waals surface area contributed by atoms with E-state index in [2.05, 4.69) is 32.2 Å². The maximum absolute atomic E-state index is 15.1. The van der Waals surface area contributed by atoms with E-state index >= 15 is 4.39 Å². The molecule has 220 valence electrons. The van der Waals surface area contributed by atoms with Crippen molar-refractivity contribution in [1.82, 2.24) is 34.3 Å². The summed E-state index contributed by atoms with van der Waals surface area (Å²) in [4.78, 5) is 30.7. The smallest absolute Gasteiger partial charge is 0.290 e. The minimum Gasteiger partial charge on any atom is -0.633 e. The first-order valence-electron chi connectivity index (χ1n) is 13.4. The van der Waals surface area contributed by atoms with Gasteiger partial charge in [-0.15, -0.1) is 0 Å². The van der Waals surface area contributed by atoms with Crippen LogP contribution in [0.15, 0.2) is 58.9 Å². The summed E-state index contributed by atoms with van der Waals surface area (Å²) in [6.07, 6.45) is 2.76. The zero-order valence-corrected chi connectivity index (χ0v) is 23.7. The van der Waals surface area contributed by atoms with Crippen molar-refractivity contribution in [2.75, 3.05) is 18.9 Å². The van der Waals surface area contributed by atoms with E-state index in [1.54, 1.807) is 36.9 Å². The van der Waals surface area contributed by atoms with E-state index in [4.69, 9.17) is 0 Å². The third-order valence-corrected chi connectivity index (χ3v) is 7.47. The summed E-state index contributed by atoms with van der Waals surface area (Å²) in [5, 5.41) is 39.1. The zero-order valence-electron chi connectivity index (χ0n) is 23.7. The quantitative estimate of drug-likeness (QED) is 0.226. The highest BCUT2D eigenvalue weighted by Gasteiger charge is 2.24. The normalized spacial score (nSPS) is 16.3. The van der Waals surface area contributed by atoms with E-state index in [1.807, 2.05) is 0 Å². The molecular weight excluding hydrogens is 557 g/mol. The molecule has 13 nitrogen and oxygen atoms in total. The molecule has 0 amide bonds. The van der Waals surface area contributed by atoms with Crippen LogP contribution in [0.2, 0.25) is 0 Å². The lowest BCUT2D eigenvalue weighted by atomic mass is 10.0. The second-order valence-electron chi connectivity index (χ2n) is 10.8. The topological polar surface area (TPSA) is 156 Å². The number of aliphatic hydroxyl groups excluding tert-OH is 1. The Morgan fingerprint density at radius 1 is 1.21 bits per heavy atom. The van der Waals surface area contributed by atoms with Crippen LogP contribution in [-0.4, -0.2) is 57.7 Å². The number of aliphatic hydroxyl groups is 1. The van der Waals surface area contributed by atoms with Gasteiger partial charge in [-0.1, -0.05) is 12.2 Å². The number of quaternary nitrogens is 1. The van der Waals surface area contributed by atoms with E-state index in [0.29, 0.717) is 41.0 Å². The first kappa shape index (κ1) is 28.1. The van der Waals surface area contributed by atoms with Gasteiger partial charge in [-0.3, -0.25) is 14.3 Å². The third kappa shape index (κ3) is 5.01. The zero-order chi connectivity index (χ0) is 30.6. The molecule has 6 rings (SSSR count). The highest BCUT2D eigenvalue weighted by molar-refractivity contribution is 5.85. The number of hydrogen-bond acceptors (Lipinski definition) is 9. The van der Waals surface area contributed by atoms with E-state index in [-0.39, 0.29) is 34.7 Å². The third-order valence-electron chi connectivity index (χ3n) is 7.47. The number of aryl methyl sites for hydroxylation is 1. The van der Waals surface area contributed by atoms with Gasteiger partial charge in [0.15, 0.2) is 11.6 Å². The molecule has 0 bridgehead atoms. The van der Waals surface area contributed by atoms with Crippen molar-refractivity contribution in [2.45, 2.75) is 26.6 Å². The summed E-state index contributed by atoms with van der Waals surface area (Å²) in [5.74, 6) is -0.345. The number of rotatable bonds is 6. The Kier molecular flexibility index (Phi) is 6.76. The molecule has 2 N–H and O–H groups in total. The molecule has 0 saturated carbocycles.